The first-order valence-corrected chi connectivity index (χ1v) is 16.4. The Labute approximate surface area is 274 Å². The first-order chi connectivity index (χ1) is 21.1. The van der Waals surface area contributed by atoms with E-state index in [0.29, 0.717) is 5.02 Å². The molecule has 2 N–H and O–H groups in total. The van der Waals surface area contributed by atoms with Gasteiger partial charge in [0.15, 0.2) is 6.10 Å². The molecule has 0 saturated carbocycles. The maximum absolute atomic E-state index is 13.5. The molecule has 11 heteroatoms. The van der Waals surface area contributed by atoms with Crippen LogP contribution in [0.1, 0.15) is 69.3 Å². The van der Waals surface area contributed by atoms with Crippen LogP contribution in [0.25, 0.3) is 6.08 Å². The highest BCUT2D eigenvalue weighted by atomic mass is 35.5. The van der Waals surface area contributed by atoms with Crippen LogP contribution < -0.4 is 10.6 Å². The van der Waals surface area contributed by atoms with Gasteiger partial charge in [-0.1, -0.05) is 56.7 Å². The molecule has 9 nitrogen and oxygen atoms in total. The maximum Gasteiger partial charge on any atom is 0.347 e. The molecule has 3 rings (SSSR count). The normalized spacial score (nSPS) is 23.3. The minimum absolute atomic E-state index is 0.0343. The van der Waals surface area contributed by atoms with Crippen LogP contribution in [-0.2, 0) is 35.1 Å². The summed E-state index contributed by atoms with van der Waals surface area (Å²) in [5.74, 6) is -2.48. The molecule has 45 heavy (non-hydrogen) atoms. The molecule has 244 valence electrons. The second kappa shape index (κ2) is 16.2. The fourth-order valence-electron chi connectivity index (χ4n) is 4.58. The largest absolute Gasteiger partial charge is 0.459 e. The molecule has 1 aliphatic rings. The first-order valence-electron chi connectivity index (χ1n) is 15.2. The van der Waals surface area contributed by atoms with E-state index in [1.807, 2.05) is 64.3 Å². The van der Waals surface area contributed by atoms with E-state index in [2.05, 4.69) is 15.6 Å². The maximum atomic E-state index is 13.5. The number of benzene rings is 1. The van der Waals surface area contributed by atoms with Gasteiger partial charge in [0, 0.05) is 35.7 Å². The first kappa shape index (κ1) is 36.0. The molecule has 2 aromatic rings. The number of hydrogen-bond acceptors (Lipinski definition) is 8. The monoisotopic (exact) mass is 657 g/mol. The third-order valence-corrected chi connectivity index (χ3v) is 8.66. The molecule has 1 aromatic heterocycles. The van der Waals surface area contributed by atoms with Gasteiger partial charge in [-0.2, -0.15) is 0 Å². The number of rotatable bonds is 7. The Morgan fingerprint density at radius 2 is 1.87 bits per heavy atom. The van der Waals surface area contributed by atoms with Crippen molar-refractivity contribution in [3.63, 3.8) is 0 Å². The quantitative estimate of drug-likeness (QED) is 0.363. The summed E-state index contributed by atoms with van der Waals surface area (Å²) in [6, 6.07) is 4.53. The van der Waals surface area contributed by atoms with Gasteiger partial charge in [-0.15, -0.1) is 11.3 Å². The highest BCUT2D eigenvalue weighted by Gasteiger charge is 2.37. The second-order valence-electron chi connectivity index (χ2n) is 12.6. The SMILES string of the molecule is Cc1nc(/C=C/[C@@H](C)[C@@H]2C/C=C/C(=O)N[C@H](Cc3ccc(C)c(Cl)c3)C(=O)NCC(C)(C)C(=O)O[C@@H](CC(C)C)C(=O)O2)cs1. The van der Waals surface area contributed by atoms with Crippen LogP contribution in [-0.4, -0.2) is 53.5 Å². The van der Waals surface area contributed by atoms with Crippen molar-refractivity contribution in [1.29, 1.82) is 0 Å². The van der Waals surface area contributed by atoms with E-state index in [-0.39, 0.29) is 37.6 Å². The standard InChI is InChI=1S/C34H44ClN3O6S/c1-20(2)15-29-32(41)43-28(22(4)12-14-25-18-45-23(5)37-25)9-8-10-30(39)38-27(17-24-13-11-21(3)26(35)16-24)31(40)36-19-34(6,7)33(42)44-29/h8,10-14,16,18,20,22,27-29H,9,15,17,19H2,1-7H3,(H,36,40)(H,38,39)/b10-8+,14-12+/t22-,27-,28+,29+/m1/s1. The zero-order valence-electron chi connectivity index (χ0n) is 27.0. The number of hydrogen-bond donors (Lipinski definition) is 2. The lowest BCUT2D eigenvalue weighted by Gasteiger charge is -2.29. The summed E-state index contributed by atoms with van der Waals surface area (Å²) in [6.07, 6.45) is 5.58. The molecule has 1 aliphatic heterocycles. The van der Waals surface area contributed by atoms with Crippen molar-refractivity contribution >= 4 is 52.8 Å². The van der Waals surface area contributed by atoms with Crippen LogP contribution in [0.15, 0.2) is 41.8 Å². The number of thiazole rings is 1. The zero-order valence-corrected chi connectivity index (χ0v) is 28.6. The van der Waals surface area contributed by atoms with Gasteiger partial charge in [-0.3, -0.25) is 14.4 Å². The number of cyclic esters (lactones) is 2. The Morgan fingerprint density at radius 1 is 1.13 bits per heavy atom. The van der Waals surface area contributed by atoms with Crippen LogP contribution in [0.4, 0.5) is 0 Å². The molecule has 4 atom stereocenters. The summed E-state index contributed by atoms with van der Waals surface area (Å²) in [5.41, 5.74) is 1.28. The van der Waals surface area contributed by atoms with Gasteiger partial charge in [-0.05, 0) is 69.4 Å². The lowest BCUT2D eigenvalue weighted by atomic mass is 9.93. The van der Waals surface area contributed by atoms with Crippen molar-refractivity contribution in [2.24, 2.45) is 17.3 Å². The van der Waals surface area contributed by atoms with Crippen LogP contribution >= 0.6 is 22.9 Å². The van der Waals surface area contributed by atoms with Gasteiger partial charge < -0.3 is 20.1 Å². The Morgan fingerprint density at radius 3 is 2.51 bits per heavy atom. The van der Waals surface area contributed by atoms with Crippen LogP contribution in [0, 0.1) is 31.1 Å². The molecule has 2 amide bonds. The van der Waals surface area contributed by atoms with E-state index in [9.17, 15) is 19.2 Å². The average Bonchev–Trinajstić information content (AvgIpc) is 3.39. The fraction of sp³-hybridized carbons (Fsp3) is 0.500. The number of nitrogens with zero attached hydrogens (tertiary/aromatic N) is 1. The van der Waals surface area contributed by atoms with Crippen LogP contribution in [0.3, 0.4) is 0 Å². The minimum Gasteiger partial charge on any atom is -0.459 e. The molecular formula is C34H44ClN3O6S. The van der Waals surface area contributed by atoms with Gasteiger partial charge >= 0.3 is 11.9 Å². The van der Waals surface area contributed by atoms with Gasteiger partial charge in [0.05, 0.1) is 16.1 Å². The number of aromatic nitrogens is 1. The van der Waals surface area contributed by atoms with Gasteiger partial charge in [0.25, 0.3) is 0 Å². The van der Waals surface area contributed by atoms with E-state index >= 15 is 0 Å². The van der Waals surface area contributed by atoms with Crippen molar-refractivity contribution in [3.05, 3.63) is 68.7 Å². The van der Waals surface area contributed by atoms with Gasteiger partial charge in [-0.25, -0.2) is 9.78 Å². The molecule has 0 aliphatic carbocycles. The predicted octanol–water partition coefficient (Wildman–Crippen LogP) is 5.76. The topological polar surface area (TPSA) is 124 Å². The summed E-state index contributed by atoms with van der Waals surface area (Å²) in [5, 5.41) is 8.98. The van der Waals surface area contributed by atoms with E-state index < -0.39 is 47.4 Å². The molecule has 2 heterocycles. The number of aryl methyl sites for hydroxylation is 2. The lowest BCUT2D eigenvalue weighted by molar-refractivity contribution is -0.178. The highest BCUT2D eigenvalue weighted by molar-refractivity contribution is 7.09. The van der Waals surface area contributed by atoms with Crippen LogP contribution in [0.5, 0.6) is 0 Å². The molecule has 0 radical (unpaired) electrons. The van der Waals surface area contributed by atoms with Gasteiger partial charge in [0.1, 0.15) is 12.1 Å². The van der Waals surface area contributed by atoms with Gasteiger partial charge in [0.2, 0.25) is 11.8 Å². The van der Waals surface area contributed by atoms with Crippen molar-refractivity contribution in [2.45, 2.75) is 86.0 Å². The Bertz CT molecular complexity index is 1430. The average molecular weight is 658 g/mol. The number of carbonyl (C=O) groups excluding carboxylic acids is 4. The van der Waals surface area contributed by atoms with E-state index in [1.165, 1.54) is 17.4 Å². The predicted molar refractivity (Wildman–Crippen MR) is 177 cm³/mol. The number of ether oxygens (including phenoxy) is 2. The number of carbonyl (C=O) groups is 4. The van der Waals surface area contributed by atoms with Crippen molar-refractivity contribution < 1.29 is 28.7 Å². The van der Waals surface area contributed by atoms with E-state index in [1.54, 1.807) is 26.0 Å². The summed E-state index contributed by atoms with van der Waals surface area (Å²) in [4.78, 5) is 57.7. The molecule has 0 bridgehead atoms. The van der Waals surface area contributed by atoms with Crippen molar-refractivity contribution in [2.75, 3.05) is 6.54 Å². The molecular weight excluding hydrogens is 614 g/mol. The number of nitrogens with one attached hydrogen (secondary N) is 2. The Hall–Kier alpha value is -3.50. The Balaban J connectivity index is 1.93. The molecule has 0 unspecified atom stereocenters. The smallest absolute Gasteiger partial charge is 0.347 e. The number of amides is 2. The number of esters is 2. The molecule has 0 spiro atoms. The molecule has 0 fully saturated rings. The van der Waals surface area contributed by atoms with Crippen molar-refractivity contribution in [3.8, 4) is 0 Å². The summed E-state index contributed by atoms with van der Waals surface area (Å²) < 4.78 is 11.7. The molecule has 0 saturated heterocycles. The van der Waals surface area contributed by atoms with Crippen molar-refractivity contribution in [1.82, 2.24) is 15.6 Å². The Kier molecular flexibility index (Phi) is 12.9. The van der Waals surface area contributed by atoms with E-state index in [0.717, 1.165) is 21.8 Å². The highest BCUT2D eigenvalue weighted by Crippen LogP contribution is 2.24. The summed E-state index contributed by atoms with van der Waals surface area (Å²) in [7, 11) is 0. The third-order valence-electron chi connectivity index (χ3n) is 7.46. The minimum atomic E-state index is -1.18. The fourth-order valence-corrected chi connectivity index (χ4v) is 5.36. The van der Waals surface area contributed by atoms with E-state index in [4.69, 9.17) is 21.1 Å². The number of halogens is 1. The molecule has 1 aromatic carbocycles. The van der Waals surface area contributed by atoms with Crippen LogP contribution in [0.2, 0.25) is 5.02 Å². The summed E-state index contributed by atoms with van der Waals surface area (Å²) in [6.45, 7) is 12.7. The summed E-state index contributed by atoms with van der Waals surface area (Å²) >= 11 is 7.85. The lowest BCUT2D eigenvalue weighted by Crippen LogP contribution is -2.51. The second-order valence-corrected chi connectivity index (χ2v) is 14.1. The zero-order chi connectivity index (χ0) is 33.3. The third kappa shape index (κ3) is 11.1.